The Bertz CT molecular complexity index is 1030. The summed E-state index contributed by atoms with van der Waals surface area (Å²) in [5.41, 5.74) is 4.87. The summed E-state index contributed by atoms with van der Waals surface area (Å²) in [5.74, 6) is 0.781. The largest absolute Gasteiger partial charge is 0.494 e. The maximum absolute atomic E-state index is 12.5. The summed E-state index contributed by atoms with van der Waals surface area (Å²) in [6, 6.07) is 14.5. The molecule has 28 heavy (non-hydrogen) atoms. The second kappa shape index (κ2) is 6.16. The van der Waals surface area contributed by atoms with Gasteiger partial charge in [-0.25, -0.2) is 0 Å². The number of aromatic nitrogens is 1. The lowest BCUT2D eigenvalue weighted by Gasteiger charge is -2.11. The maximum atomic E-state index is 12.5. The van der Waals surface area contributed by atoms with Gasteiger partial charge < -0.3 is 15.5 Å². The Kier molecular flexibility index (Phi) is 3.72. The fraction of sp³-hybridized carbons (Fsp3) is 0.261. The van der Waals surface area contributed by atoms with E-state index in [1.807, 2.05) is 31.2 Å². The van der Waals surface area contributed by atoms with Crippen LogP contribution in [0.15, 0.2) is 48.5 Å². The number of carbonyl (C=O) groups excluding carboxylic acids is 1. The van der Waals surface area contributed by atoms with Crippen molar-refractivity contribution < 1.29 is 15.0 Å². The number of amides is 1. The summed E-state index contributed by atoms with van der Waals surface area (Å²) in [7, 11) is 0. The van der Waals surface area contributed by atoms with Crippen LogP contribution in [-0.4, -0.2) is 20.7 Å². The molecule has 1 heterocycles. The number of carbonyl (C=O) groups is 1. The topological polar surface area (TPSA) is 74.5 Å². The summed E-state index contributed by atoms with van der Waals surface area (Å²) in [4.78, 5) is 12.5. The standard InChI is InChI=1S/C23H22N2O3/c1-13-2-8-17(9-3-13)24-21(26)14-6-10-18(11-7-14)25-22(27)19-15-4-5-16(12-15)20(19)23(25)28/h2-3,6-11,15-16,27-28H,4-5,12H2,1H3,(H,24,26). The monoisotopic (exact) mass is 374 g/mol. The first-order chi connectivity index (χ1) is 13.5. The predicted octanol–water partition coefficient (Wildman–Crippen LogP) is 4.81. The Morgan fingerprint density at radius 3 is 2.07 bits per heavy atom. The Balaban J connectivity index is 1.42. The Labute approximate surface area is 163 Å². The van der Waals surface area contributed by atoms with E-state index in [9.17, 15) is 15.0 Å². The van der Waals surface area contributed by atoms with E-state index in [0.29, 0.717) is 23.1 Å². The lowest BCUT2D eigenvalue weighted by molar-refractivity contribution is 0.102. The van der Waals surface area contributed by atoms with Crippen LogP contribution in [0.25, 0.3) is 5.69 Å². The third-order valence-corrected chi connectivity index (χ3v) is 6.14. The highest BCUT2D eigenvalue weighted by molar-refractivity contribution is 6.04. The third-order valence-electron chi connectivity index (χ3n) is 6.14. The summed E-state index contributed by atoms with van der Waals surface area (Å²) in [6.45, 7) is 2.00. The number of benzene rings is 2. The number of aromatic hydroxyl groups is 2. The van der Waals surface area contributed by atoms with Crippen LogP contribution in [0.2, 0.25) is 0 Å². The van der Waals surface area contributed by atoms with Crippen molar-refractivity contribution in [2.75, 3.05) is 5.32 Å². The third kappa shape index (κ3) is 2.50. The molecule has 5 nitrogen and oxygen atoms in total. The van der Waals surface area contributed by atoms with Crippen molar-refractivity contribution in [2.45, 2.75) is 38.0 Å². The minimum Gasteiger partial charge on any atom is -0.494 e. The molecule has 2 aliphatic rings. The van der Waals surface area contributed by atoms with Gasteiger partial charge in [0.05, 0.1) is 5.69 Å². The number of nitrogens with zero attached hydrogens (tertiary/aromatic N) is 1. The van der Waals surface area contributed by atoms with Crippen LogP contribution in [0.5, 0.6) is 11.8 Å². The van der Waals surface area contributed by atoms with Gasteiger partial charge in [-0.2, -0.15) is 0 Å². The van der Waals surface area contributed by atoms with Crippen LogP contribution in [0, 0.1) is 6.92 Å². The van der Waals surface area contributed by atoms with Crippen molar-refractivity contribution in [3.63, 3.8) is 0 Å². The minimum atomic E-state index is -0.197. The van der Waals surface area contributed by atoms with E-state index < -0.39 is 0 Å². The van der Waals surface area contributed by atoms with Gasteiger partial charge in [0.2, 0.25) is 11.8 Å². The molecule has 0 aliphatic heterocycles. The first-order valence-corrected chi connectivity index (χ1v) is 9.68. The molecular weight excluding hydrogens is 352 g/mol. The lowest BCUT2D eigenvalue weighted by Crippen LogP contribution is -2.11. The van der Waals surface area contributed by atoms with E-state index in [-0.39, 0.29) is 17.7 Å². The summed E-state index contributed by atoms with van der Waals surface area (Å²) < 4.78 is 1.50. The Hall–Kier alpha value is -3.21. The van der Waals surface area contributed by atoms with Gasteiger partial charge in [-0.1, -0.05) is 17.7 Å². The van der Waals surface area contributed by atoms with Crippen molar-refractivity contribution in [1.82, 2.24) is 4.57 Å². The summed E-state index contributed by atoms with van der Waals surface area (Å²) >= 11 is 0. The van der Waals surface area contributed by atoms with Crippen molar-refractivity contribution >= 4 is 11.6 Å². The van der Waals surface area contributed by atoms with Crippen LogP contribution in [0.4, 0.5) is 5.69 Å². The van der Waals surface area contributed by atoms with Gasteiger partial charge in [-0.05, 0) is 74.4 Å². The molecule has 0 radical (unpaired) electrons. The molecule has 2 aliphatic carbocycles. The highest BCUT2D eigenvalue weighted by Crippen LogP contribution is 2.60. The number of aryl methyl sites for hydroxylation is 1. The quantitative estimate of drug-likeness (QED) is 0.616. The van der Waals surface area contributed by atoms with E-state index in [4.69, 9.17) is 0 Å². The average molecular weight is 374 g/mol. The average Bonchev–Trinajstić information content (AvgIpc) is 3.38. The molecule has 2 atom stereocenters. The zero-order valence-corrected chi connectivity index (χ0v) is 15.6. The number of anilines is 1. The molecule has 1 amide bonds. The Morgan fingerprint density at radius 1 is 0.929 bits per heavy atom. The molecule has 3 aromatic rings. The minimum absolute atomic E-state index is 0.136. The fourth-order valence-corrected chi connectivity index (χ4v) is 4.74. The van der Waals surface area contributed by atoms with Crippen LogP contribution >= 0.6 is 0 Å². The van der Waals surface area contributed by atoms with Gasteiger partial charge in [0.15, 0.2) is 0 Å². The Morgan fingerprint density at radius 2 is 1.50 bits per heavy atom. The number of hydrogen-bond acceptors (Lipinski definition) is 3. The SMILES string of the molecule is Cc1ccc(NC(=O)c2ccc(-n3c(O)c4c(c3O)C3CCC4C3)cc2)cc1. The molecule has 2 aromatic carbocycles. The maximum Gasteiger partial charge on any atom is 0.255 e. The van der Waals surface area contributed by atoms with Crippen LogP contribution < -0.4 is 5.32 Å². The molecule has 5 rings (SSSR count). The van der Waals surface area contributed by atoms with Crippen molar-refractivity contribution in [3.8, 4) is 17.4 Å². The smallest absolute Gasteiger partial charge is 0.255 e. The number of fused-ring (bicyclic) bond motifs is 5. The first kappa shape index (κ1) is 16.9. The number of rotatable bonds is 3. The van der Waals surface area contributed by atoms with Gasteiger partial charge in [0.25, 0.3) is 5.91 Å². The molecule has 2 bridgehead atoms. The van der Waals surface area contributed by atoms with E-state index in [1.165, 1.54) is 4.57 Å². The van der Waals surface area contributed by atoms with E-state index in [1.54, 1.807) is 24.3 Å². The summed E-state index contributed by atoms with van der Waals surface area (Å²) in [5, 5.41) is 24.3. The van der Waals surface area contributed by atoms with Gasteiger partial charge in [-0.15, -0.1) is 0 Å². The highest BCUT2D eigenvalue weighted by Gasteiger charge is 2.44. The molecule has 5 heteroatoms. The lowest BCUT2D eigenvalue weighted by atomic mass is 9.95. The number of nitrogens with one attached hydrogen (secondary N) is 1. The van der Waals surface area contributed by atoms with Crippen LogP contribution in [-0.2, 0) is 0 Å². The van der Waals surface area contributed by atoms with Crippen molar-refractivity contribution in [3.05, 3.63) is 70.8 Å². The molecule has 142 valence electrons. The molecule has 1 saturated carbocycles. The molecular formula is C23H22N2O3. The highest BCUT2D eigenvalue weighted by atomic mass is 16.3. The van der Waals surface area contributed by atoms with E-state index in [2.05, 4.69) is 5.32 Å². The normalized spacial score (nSPS) is 19.6. The van der Waals surface area contributed by atoms with Crippen molar-refractivity contribution in [2.24, 2.45) is 0 Å². The molecule has 2 unspecified atom stereocenters. The number of hydrogen-bond donors (Lipinski definition) is 3. The van der Waals surface area contributed by atoms with E-state index >= 15 is 0 Å². The van der Waals surface area contributed by atoms with Gasteiger partial charge in [0.1, 0.15) is 0 Å². The van der Waals surface area contributed by atoms with Gasteiger partial charge in [0, 0.05) is 22.4 Å². The second-order valence-electron chi connectivity index (χ2n) is 7.88. The van der Waals surface area contributed by atoms with Crippen molar-refractivity contribution in [1.29, 1.82) is 0 Å². The fourth-order valence-electron chi connectivity index (χ4n) is 4.74. The van der Waals surface area contributed by atoms with Crippen LogP contribution in [0.3, 0.4) is 0 Å². The molecule has 1 fully saturated rings. The zero-order valence-electron chi connectivity index (χ0n) is 15.6. The van der Waals surface area contributed by atoms with Gasteiger partial charge in [-0.3, -0.25) is 9.36 Å². The summed E-state index contributed by atoms with van der Waals surface area (Å²) in [6.07, 6.45) is 3.18. The molecule has 0 saturated heterocycles. The predicted molar refractivity (Wildman–Crippen MR) is 108 cm³/mol. The van der Waals surface area contributed by atoms with E-state index in [0.717, 1.165) is 41.6 Å². The molecule has 0 spiro atoms. The first-order valence-electron chi connectivity index (χ1n) is 9.68. The molecule has 1 aromatic heterocycles. The zero-order chi connectivity index (χ0) is 19.4. The molecule has 3 N–H and O–H groups in total. The second-order valence-corrected chi connectivity index (χ2v) is 7.88. The van der Waals surface area contributed by atoms with Gasteiger partial charge >= 0.3 is 0 Å². The van der Waals surface area contributed by atoms with Crippen LogP contribution in [0.1, 0.15) is 58.1 Å².